The van der Waals surface area contributed by atoms with Crippen LogP contribution in [0.25, 0.3) is 0 Å². The predicted octanol–water partition coefficient (Wildman–Crippen LogP) is 4.55. The van der Waals surface area contributed by atoms with E-state index in [2.05, 4.69) is 0 Å². The molecule has 1 aromatic carbocycles. The summed E-state index contributed by atoms with van der Waals surface area (Å²) in [6.45, 7) is 0. The zero-order valence-electron chi connectivity index (χ0n) is 8.29. The molecular weight excluding hydrogens is 250 g/mol. The summed E-state index contributed by atoms with van der Waals surface area (Å²) < 4.78 is 25.7. The van der Waals surface area contributed by atoms with Gasteiger partial charge in [0.25, 0.3) is 0 Å². The van der Waals surface area contributed by atoms with E-state index in [4.69, 9.17) is 11.6 Å². The highest BCUT2D eigenvalue weighted by atomic mass is 35.5. The second-order valence-electron chi connectivity index (χ2n) is 3.42. The van der Waals surface area contributed by atoms with Gasteiger partial charge in [-0.3, -0.25) is 0 Å². The van der Waals surface area contributed by atoms with Gasteiger partial charge in [-0.2, -0.15) is 0 Å². The Labute approximate surface area is 101 Å². The molecule has 0 bridgehead atoms. The van der Waals surface area contributed by atoms with E-state index in [9.17, 15) is 8.78 Å². The van der Waals surface area contributed by atoms with E-state index in [-0.39, 0.29) is 5.38 Å². The fourth-order valence-electron chi connectivity index (χ4n) is 1.43. The molecule has 1 heterocycles. The molecule has 0 saturated heterocycles. The molecule has 0 aliphatic heterocycles. The largest absolute Gasteiger partial charge is 0.204 e. The summed E-state index contributed by atoms with van der Waals surface area (Å²) in [6, 6.07) is 7.69. The molecule has 0 nitrogen and oxygen atoms in total. The highest BCUT2D eigenvalue weighted by molar-refractivity contribution is 7.09. The van der Waals surface area contributed by atoms with Crippen LogP contribution in [0.4, 0.5) is 8.78 Å². The molecule has 0 aliphatic rings. The van der Waals surface area contributed by atoms with Crippen LogP contribution in [0, 0.1) is 11.6 Å². The lowest BCUT2D eigenvalue weighted by atomic mass is 10.1. The van der Waals surface area contributed by atoms with Crippen LogP contribution < -0.4 is 0 Å². The fourth-order valence-corrected chi connectivity index (χ4v) is 2.58. The first-order valence-corrected chi connectivity index (χ1v) is 6.10. The molecular formula is C12H9ClF2S. The zero-order chi connectivity index (χ0) is 11.5. The third-order valence-electron chi connectivity index (χ3n) is 2.27. The molecule has 2 aromatic rings. The van der Waals surface area contributed by atoms with Crippen molar-refractivity contribution >= 4 is 22.9 Å². The minimum absolute atomic E-state index is 0.325. The van der Waals surface area contributed by atoms with E-state index in [1.807, 2.05) is 17.5 Å². The van der Waals surface area contributed by atoms with Crippen LogP contribution in [0.3, 0.4) is 0 Å². The number of hydrogen-bond donors (Lipinski definition) is 0. The Bertz CT molecular complexity index is 468. The van der Waals surface area contributed by atoms with Crippen LogP contribution in [0.1, 0.15) is 15.8 Å². The van der Waals surface area contributed by atoms with E-state index < -0.39 is 11.6 Å². The summed E-state index contributed by atoms with van der Waals surface area (Å²) in [5.41, 5.74) is 0.606. The Morgan fingerprint density at radius 1 is 1.19 bits per heavy atom. The summed E-state index contributed by atoms with van der Waals surface area (Å²) in [5, 5.41) is 1.64. The van der Waals surface area contributed by atoms with Crippen molar-refractivity contribution in [2.24, 2.45) is 0 Å². The van der Waals surface area contributed by atoms with Gasteiger partial charge in [0.2, 0.25) is 0 Å². The lowest BCUT2D eigenvalue weighted by molar-refractivity contribution is 0.507. The van der Waals surface area contributed by atoms with Gasteiger partial charge in [-0.25, -0.2) is 8.78 Å². The van der Waals surface area contributed by atoms with E-state index >= 15 is 0 Å². The summed E-state index contributed by atoms with van der Waals surface area (Å²) >= 11 is 7.74. The molecule has 0 radical (unpaired) electrons. The maximum Gasteiger partial charge on any atom is 0.159 e. The van der Waals surface area contributed by atoms with Crippen LogP contribution in [0.5, 0.6) is 0 Å². The number of halogens is 3. The van der Waals surface area contributed by atoms with Gasteiger partial charge in [0, 0.05) is 11.3 Å². The Balaban J connectivity index is 2.14. The molecule has 84 valence electrons. The second kappa shape index (κ2) is 4.93. The number of alkyl halides is 1. The molecule has 1 aromatic heterocycles. The minimum atomic E-state index is -0.852. The molecule has 0 N–H and O–H groups in total. The molecule has 1 atom stereocenters. The van der Waals surface area contributed by atoms with Gasteiger partial charge in [0.15, 0.2) is 11.6 Å². The normalized spacial score (nSPS) is 12.7. The minimum Gasteiger partial charge on any atom is -0.204 e. The van der Waals surface area contributed by atoms with Gasteiger partial charge < -0.3 is 0 Å². The monoisotopic (exact) mass is 258 g/mol. The molecule has 2 rings (SSSR count). The van der Waals surface area contributed by atoms with Crippen LogP contribution in [-0.2, 0) is 6.42 Å². The zero-order valence-corrected chi connectivity index (χ0v) is 9.86. The summed E-state index contributed by atoms with van der Waals surface area (Å²) in [5.74, 6) is -1.70. The SMILES string of the molecule is Fc1ccc(C(Cl)Cc2cccs2)cc1F. The van der Waals surface area contributed by atoms with Gasteiger partial charge in [-0.05, 0) is 29.1 Å². The third kappa shape index (κ3) is 2.60. The average Bonchev–Trinajstić information content (AvgIpc) is 2.74. The number of rotatable bonds is 3. The fraction of sp³-hybridized carbons (Fsp3) is 0.167. The first-order chi connectivity index (χ1) is 7.66. The summed E-state index contributed by atoms with van der Waals surface area (Å²) in [6.07, 6.45) is 0.629. The Morgan fingerprint density at radius 3 is 2.62 bits per heavy atom. The van der Waals surface area contributed by atoms with Crippen molar-refractivity contribution in [1.82, 2.24) is 0 Å². The third-order valence-corrected chi connectivity index (χ3v) is 3.57. The number of hydrogen-bond acceptors (Lipinski definition) is 1. The van der Waals surface area contributed by atoms with E-state index in [0.717, 1.165) is 17.0 Å². The van der Waals surface area contributed by atoms with Crippen molar-refractivity contribution < 1.29 is 8.78 Å². The Morgan fingerprint density at radius 2 is 2.00 bits per heavy atom. The molecule has 0 spiro atoms. The van der Waals surface area contributed by atoms with Gasteiger partial charge in [0.05, 0.1) is 5.38 Å². The number of benzene rings is 1. The van der Waals surface area contributed by atoms with Crippen molar-refractivity contribution in [2.45, 2.75) is 11.8 Å². The molecule has 0 fully saturated rings. The molecule has 0 amide bonds. The molecule has 0 saturated carbocycles. The van der Waals surface area contributed by atoms with Crippen molar-refractivity contribution in [2.75, 3.05) is 0 Å². The van der Waals surface area contributed by atoms with Crippen molar-refractivity contribution in [3.8, 4) is 0 Å². The van der Waals surface area contributed by atoms with Crippen LogP contribution in [0.2, 0.25) is 0 Å². The van der Waals surface area contributed by atoms with Gasteiger partial charge in [-0.15, -0.1) is 22.9 Å². The van der Waals surface area contributed by atoms with E-state index in [1.54, 1.807) is 11.3 Å². The first-order valence-electron chi connectivity index (χ1n) is 4.78. The molecule has 4 heteroatoms. The quantitative estimate of drug-likeness (QED) is 0.709. The highest BCUT2D eigenvalue weighted by Crippen LogP contribution is 2.27. The van der Waals surface area contributed by atoms with Crippen LogP contribution in [0.15, 0.2) is 35.7 Å². The Hall–Kier alpha value is -0.930. The Kier molecular flexibility index (Phi) is 3.56. The van der Waals surface area contributed by atoms with Crippen LogP contribution >= 0.6 is 22.9 Å². The maximum absolute atomic E-state index is 13.0. The van der Waals surface area contributed by atoms with Crippen molar-refractivity contribution in [1.29, 1.82) is 0 Å². The maximum atomic E-state index is 13.0. The molecule has 0 aliphatic carbocycles. The number of thiophene rings is 1. The average molecular weight is 259 g/mol. The summed E-state index contributed by atoms with van der Waals surface area (Å²) in [7, 11) is 0. The second-order valence-corrected chi connectivity index (χ2v) is 4.98. The summed E-state index contributed by atoms with van der Waals surface area (Å²) in [4.78, 5) is 1.13. The van der Waals surface area contributed by atoms with Crippen LogP contribution in [-0.4, -0.2) is 0 Å². The standard InChI is InChI=1S/C12H9ClF2S/c13-10(7-9-2-1-5-16-9)8-3-4-11(14)12(15)6-8/h1-6,10H,7H2. The van der Waals surface area contributed by atoms with Gasteiger partial charge in [0.1, 0.15) is 0 Å². The first kappa shape index (κ1) is 11.6. The van der Waals surface area contributed by atoms with E-state index in [0.29, 0.717) is 12.0 Å². The topological polar surface area (TPSA) is 0 Å². The van der Waals surface area contributed by atoms with Gasteiger partial charge in [-0.1, -0.05) is 12.1 Å². The van der Waals surface area contributed by atoms with Crippen molar-refractivity contribution in [3.63, 3.8) is 0 Å². The van der Waals surface area contributed by atoms with Crippen molar-refractivity contribution in [3.05, 3.63) is 57.8 Å². The lowest BCUT2D eigenvalue weighted by Gasteiger charge is -2.08. The van der Waals surface area contributed by atoms with Gasteiger partial charge >= 0.3 is 0 Å². The highest BCUT2D eigenvalue weighted by Gasteiger charge is 2.12. The smallest absolute Gasteiger partial charge is 0.159 e. The predicted molar refractivity (Wildman–Crippen MR) is 63.0 cm³/mol. The molecule has 16 heavy (non-hydrogen) atoms. The lowest BCUT2D eigenvalue weighted by Crippen LogP contribution is -1.96. The molecule has 1 unspecified atom stereocenters. The van der Waals surface area contributed by atoms with E-state index in [1.165, 1.54) is 6.07 Å².